The number of benzene rings is 4. The second-order valence-corrected chi connectivity index (χ2v) is 30.5. The number of methoxy groups -OCH3 is 8. The van der Waals surface area contributed by atoms with E-state index in [1.807, 2.05) is 0 Å². The maximum absolute atomic E-state index is 13.6. The lowest BCUT2D eigenvalue weighted by atomic mass is 9.79. The van der Waals surface area contributed by atoms with Crippen molar-refractivity contribution < 1.29 is 164 Å². The average molecular weight is 1740 g/mol. The normalized spacial score (nSPS) is 41.2. The number of hydrogen-bond donors (Lipinski definition) is 4. The van der Waals surface area contributed by atoms with E-state index in [0.29, 0.717) is 22.4 Å². The van der Waals surface area contributed by atoms with Crippen molar-refractivity contribution in [2.45, 2.75) is 260 Å². The molecule has 120 heavy (non-hydrogen) atoms. The van der Waals surface area contributed by atoms with Crippen molar-refractivity contribution in [2.75, 3.05) is 109 Å². The number of nitrogens with zero attached hydrogens (tertiary/aromatic N) is 4. The van der Waals surface area contributed by atoms with Gasteiger partial charge in [-0.15, -0.1) is 0 Å². The highest BCUT2D eigenvalue weighted by Gasteiger charge is 2.47. The number of piperidine rings is 4. The number of ether oxygens (including phenoxy) is 12. The zero-order valence-electron chi connectivity index (χ0n) is 133. The van der Waals surface area contributed by atoms with Crippen LogP contribution >= 0.6 is 0 Å². The van der Waals surface area contributed by atoms with Gasteiger partial charge in [0.05, 0.1) is 78.5 Å². The van der Waals surface area contributed by atoms with E-state index in [9.17, 15) is 35.6 Å². The third-order valence-corrected chi connectivity index (χ3v) is 20.1. The molecular weight excluding hydrogens is 1520 g/mol. The molecule has 24 nitrogen and oxygen atoms in total. The van der Waals surface area contributed by atoms with Gasteiger partial charge >= 0.3 is 23.9 Å². The molecule has 12 unspecified atom stereocenters. The number of esters is 4. The summed E-state index contributed by atoms with van der Waals surface area (Å²) in [5.74, 6) is -38.6. The van der Waals surface area contributed by atoms with Gasteiger partial charge in [0.15, 0.2) is 46.0 Å². The number of rotatable bonds is 28. The topological polar surface area (TPSA) is 296 Å². The molecule has 4 aromatic carbocycles. The number of carbonyl (C=O) groups is 4. The summed E-state index contributed by atoms with van der Waals surface area (Å²) in [4.78, 5) is 58.7. The second-order valence-electron chi connectivity index (χ2n) is 30.5. The lowest BCUT2D eigenvalue weighted by Crippen LogP contribution is -2.51. The Morgan fingerprint density at radius 3 is 0.725 bits per heavy atom. The Balaban J connectivity index is 0.000000267. The SMILES string of the molecule is [2H]C([2H])([2H])Oc1cc2c(cc1OC([2H])([2H])[2H])C1N(CC2)C([2H])([2H])C([2H])(CC(C)C)C(OC(=O)[C@@]([2H])(N)C([2H])(C([2H])([2H])[2H])C([2H])([2H])[2H])C1([2H])[2H].[2H]C([2H])([2H])Oc1cc2c(cc1OC)C1N(CC2)C([2H])([2H])C([2H])(CC(C)C)C(OC(=O)[C@@]([2H])(N)C([2H])(C([2H])([2H])[2H])C([2H])([2H])[2H])C1([2H])[2H].[2H]C([2H])([2H])Oc1cc2c(cc1OC)CCN1C2C([2H])([2H])C(OC(=O)[C@@]([2H])(N)C([2H])(C([2H])([2H])[2H])C([2H])([2H])[2H])C([2H])(CC(C)C)C1([2H])[2H].[2H]C1([2H])C2c3cc(OC)c(OC)cc3CCN2C([2H])([2H])C([2H])(CC(C)C)C1OC(=O)[C@@]([2H])(N)C([2H])(C([2H])([2H])[2H])C([2H])([2H])[2H]. The first-order chi connectivity index (χ1) is 81.7. The van der Waals surface area contributed by atoms with Gasteiger partial charge in [-0.3, -0.25) is 38.8 Å². The van der Waals surface area contributed by atoms with Crippen LogP contribution < -0.4 is 60.8 Å². The molecule has 0 saturated carbocycles. The van der Waals surface area contributed by atoms with Gasteiger partial charge in [-0.1, -0.05) is 110 Å². The van der Waals surface area contributed by atoms with Crippen LogP contribution in [0.15, 0.2) is 48.5 Å². The minimum atomic E-state index is -4.04. The summed E-state index contributed by atoms with van der Waals surface area (Å²) < 4.78 is 589. The first kappa shape index (κ1) is 41.3. The molecular formula is C96H152N8O16. The van der Waals surface area contributed by atoms with Crippen LogP contribution in [0.4, 0.5) is 0 Å². The molecule has 8 aliphatic rings. The van der Waals surface area contributed by atoms with Crippen LogP contribution in [0.1, 0.15) is 318 Å². The molecule has 0 spiro atoms. The maximum Gasteiger partial charge on any atom is 0.323 e. The van der Waals surface area contributed by atoms with E-state index >= 15 is 0 Å². The zero-order valence-corrected chi connectivity index (χ0v) is 68.7. The van der Waals surface area contributed by atoms with Crippen LogP contribution in [-0.2, 0) is 63.8 Å². The fraction of sp³-hybridized carbons (Fsp3) is 0.708. The van der Waals surface area contributed by atoms with E-state index in [1.54, 1.807) is 61.5 Å². The van der Waals surface area contributed by atoms with E-state index < -0.39 is 333 Å². The Labute approximate surface area is 808 Å². The van der Waals surface area contributed by atoms with E-state index in [-0.39, 0.29) is 115 Å². The van der Waals surface area contributed by atoms with Crippen LogP contribution in [0.2, 0.25) is 0 Å². The molecule has 4 aromatic rings. The second kappa shape index (κ2) is 43.9. The van der Waals surface area contributed by atoms with E-state index in [0.717, 1.165) is 32.9 Å². The van der Waals surface area contributed by atoms with Gasteiger partial charge in [0.1, 0.15) is 48.5 Å². The molecule has 0 aliphatic carbocycles. The predicted molar refractivity (Wildman–Crippen MR) is 471 cm³/mol. The molecule has 12 rings (SSSR count). The maximum atomic E-state index is 13.6. The quantitative estimate of drug-likeness (QED) is 0.0303. The van der Waals surface area contributed by atoms with E-state index in [2.05, 4.69) is 0 Å². The molecule has 4 saturated heterocycles. The monoisotopic (exact) mass is 1740 g/mol. The summed E-state index contributed by atoms with van der Waals surface area (Å²) in [5.41, 5.74) is 24.5. The van der Waals surface area contributed by atoms with Crippen molar-refractivity contribution in [2.24, 2.45) is 93.8 Å². The Kier molecular flexibility index (Phi) is 15.1. The van der Waals surface area contributed by atoms with Gasteiger partial charge in [-0.25, -0.2) is 0 Å². The highest BCUT2D eigenvalue weighted by molar-refractivity contribution is 5.77. The standard InChI is InChI=1S/4C24H38N2O4/c4*1-14(2)9-17-13-26-8-7-16-10-21(28-5)22(29-6)11-18(16)19(26)12-20(17)30-24(27)23(25)15(3)4/h4*10-11,14-15,17,19-20,23H,7-9,12-13,25H2,1-6H3/t4*17?,19?,20?,23-/m0000/s1/i3D3,4D3,5D3,6D3,12D2,13D2,15D,17D,23D;3D3,4D3,6D3,12D2,13D2,15D,17D,23D;3D3,4D3,5D3,12D2,13D2,15D,17D,23D;3D3,4D3,12D2,13D2,15D,17D,23D. The number of hydrogen-bond acceptors (Lipinski definition) is 24. The molecule has 16 atom stereocenters. The van der Waals surface area contributed by atoms with Crippen molar-refractivity contribution in [3.63, 3.8) is 0 Å². The summed E-state index contributed by atoms with van der Waals surface area (Å²) in [6.07, 6.45) is -23.0. The minimum absolute atomic E-state index is 0.0106. The van der Waals surface area contributed by atoms with Crippen molar-refractivity contribution in [1.82, 2.24) is 19.6 Å². The predicted octanol–water partition coefficient (Wildman–Crippen LogP) is 14.3. The number of nitrogens with two attached hydrogens (primary N) is 4. The summed E-state index contributed by atoms with van der Waals surface area (Å²) in [7, 11) is -6.87. The van der Waals surface area contributed by atoms with Crippen molar-refractivity contribution in [3.05, 3.63) is 93.0 Å². The molecule has 0 amide bonds. The van der Waals surface area contributed by atoms with Crippen LogP contribution in [0, 0.1) is 70.8 Å². The first-order valence-corrected chi connectivity index (χ1v) is 38.3. The van der Waals surface area contributed by atoms with Crippen molar-refractivity contribution >= 4 is 23.9 Å². The Morgan fingerprint density at radius 2 is 0.542 bits per heavy atom. The van der Waals surface area contributed by atoms with E-state index in [4.69, 9.17) is 151 Å². The number of fused-ring (bicyclic) bond motifs is 12. The Morgan fingerprint density at radius 1 is 0.350 bits per heavy atom. The van der Waals surface area contributed by atoms with Crippen molar-refractivity contribution in [3.8, 4) is 46.0 Å². The average Bonchev–Trinajstić information content (AvgIpc) is 0.686. The summed E-state index contributed by atoms with van der Waals surface area (Å²) in [6, 6.07) is -12.0. The molecule has 8 aliphatic heterocycles. The first-order valence-electron chi connectivity index (χ1n) is 70.3. The lowest BCUT2D eigenvalue weighted by Gasteiger charge is -2.47. The van der Waals surface area contributed by atoms with Gasteiger partial charge in [-0.05, 0) is 192 Å². The molecule has 0 radical (unpaired) electrons. The van der Waals surface area contributed by atoms with Gasteiger partial charge in [0, 0.05) is 191 Å². The number of carbonyl (C=O) groups excluding carboxylic acids is 4. The summed E-state index contributed by atoms with van der Waals surface area (Å²) in [5, 5.41) is 0. The third-order valence-electron chi connectivity index (χ3n) is 20.1. The van der Waals surface area contributed by atoms with Gasteiger partial charge < -0.3 is 79.8 Å². The van der Waals surface area contributed by atoms with E-state index in [1.165, 1.54) is 57.6 Å². The van der Waals surface area contributed by atoms with Gasteiger partial charge in [0.25, 0.3) is 0 Å². The summed E-state index contributed by atoms with van der Waals surface area (Å²) >= 11 is 0. The third kappa shape index (κ3) is 23.8. The van der Waals surface area contributed by atoms with Crippen LogP contribution in [0.3, 0.4) is 0 Å². The molecule has 0 bridgehead atoms. The molecule has 672 valence electrons. The van der Waals surface area contributed by atoms with Crippen molar-refractivity contribution in [1.29, 1.82) is 0 Å². The molecule has 8 heterocycles. The van der Waals surface area contributed by atoms with Crippen LogP contribution in [0.25, 0.3) is 0 Å². The highest BCUT2D eigenvalue weighted by atomic mass is 16.6. The molecule has 8 N–H and O–H groups in total. The minimum Gasteiger partial charge on any atom is -0.493 e. The zero-order chi connectivity index (χ0) is 143. The van der Waals surface area contributed by atoms with Gasteiger partial charge in [-0.2, -0.15) is 0 Å². The fourth-order valence-corrected chi connectivity index (χ4v) is 14.5. The lowest BCUT2D eigenvalue weighted by molar-refractivity contribution is -0.161. The van der Waals surface area contributed by atoms with Crippen LogP contribution in [0.5, 0.6) is 46.0 Å². The highest BCUT2D eigenvalue weighted by Crippen LogP contribution is 2.50. The van der Waals surface area contributed by atoms with Crippen LogP contribution in [-0.4, -0.2) is 201 Å². The molecule has 0 aromatic heterocycles. The Bertz CT molecular complexity index is 6850. The smallest absolute Gasteiger partial charge is 0.323 e. The largest absolute Gasteiger partial charge is 0.493 e. The summed E-state index contributed by atoms with van der Waals surface area (Å²) in [6.45, 7) is -29.9. The molecule has 24 heteroatoms. The van der Waals surface area contributed by atoms with Gasteiger partial charge in [0.2, 0.25) is 0 Å². The fourth-order valence-electron chi connectivity index (χ4n) is 14.5. The Hall–Kier alpha value is -7.16. The molecule has 4 fully saturated rings.